The smallest absolute Gasteiger partial charge is 0.263 e. The summed E-state index contributed by atoms with van der Waals surface area (Å²) in [5, 5.41) is 4.35. The lowest BCUT2D eigenvalue weighted by Gasteiger charge is -2.17. The summed E-state index contributed by atoms with van der Waals surface area (Å²) in [6, 6.07) is 6.12. The van der Waals surface area contributed by atoms with E-state index in [9.17, 15) is 9.59 Å². The van der Waals surface area contributed by atoms with Gasteiger partial charge in [-0.2, -0.15) is 0 Å². The second-order valence-electron chi connectivity index (χ2n) is 8.05. The van der Waals surface area contributed by atoms with Gasteiger partial charge in [0.15, 0.2) is 5.16 Å². The third-order valence-electron chi connectivity index (χ3n) is 5.46. The Morgan fingerprint density at radius 1 is 1.17 bits per heavy atom. The van der Waals surface area contributed by atoms with Gasteiger partial charge < -0.3 is 5.32 Å². The number of thioether (sulfide) groups is 1. The molecule has 2 heterocycles. The normalized spacial score (nSPS) is 12.5. The van der Waals surface area contributed by atoms with Crippen molar-refractivity contribution in [2.45, 2.75) is 65.7 Å². The van der Waals surface area contributed by atoms with Gasteiger partial charge in [-0.3, -0.25) is 14.2 Å². The van der Waals surface area contributed by atoms with E-state index in [4.69, 9.17) is 4.98 Å². The van der Waals surface area contributed by atoms with E-state index in [2.05, 4.69) is 31.3 Å². The van der Waals surface area contributed by atoms with Crippen molar-refractivity contribution in [2.24, 2.45) is 0 Å². The van der Waals surface area contributed by atoms with Crippen molar-refractivity contribution in [1.29, 1.82) is 0 Å². The minimum atomic E-state index is -0.0808. The molecule has 0 aliphatic rings. The van der Waals surface area contributed by atoms with Crippen LogP contribution in [-0.2, 0) is 4.79 Å². The average Bonchev–Trinajstić information content (AvgIpc) is 2.95. The zero-order chi connectivity index (χ0) is 22.2. The van der Waals surface area contributed by atoms with Crippen LogP contribution in [0.1, 0.15) is 60.0 Å². The second-order valence-corrected chi connectivity index (χ2v) is 10.2. The van der Waals surface area contributed by atoms with Gasteiger partial charge in [-0.1, -0.05) is 30.0 Å². The predicted octanol–water partition coefficient (Wildman–Crippen LogP) is 5.24. The molecule has 3 rings (SSSR count). The number of rotatable bonds is 6. The summed E-state index contributed by atoms with van der Waals surface area (Å²) < 4.78 is 1.70. The van der Waals surface area contributed by atoms with Gasteiger partial charge in [0, 0.05) is 10.9 Å². The Morgan fingerprint density at radius 2 is 1.87 bits per heavy atom. The number of benzene rings is 1. The number of aryl methyl sites for hydroxylation is 4. The molecule has 3 aromatic rings. The quantitative estimate of drug-likeness (QED) is 0.418. The van der Waals surface area contributed by atoms with Crippen LogP contribution >= 0.6 is 23.1 Å². The van der Waals surface area contributed by atoms with E-state index < -0.39 is 0 Å². The zero-order valence-electron chi connectivity index (χ0n) is 18.6. The lowest BCUT2D eigenvalue weighted by molar-refractivity contribution is -0.119. The van der Waals surface area contributed by atoms with Crippen LogP contribution in [0.2, 0.25) is 0 Å². The number of thiophene rings is 1. The van der Waals surface area contributed by atoms with Crippen LogP contribution in [0.15, 0.2) is 28.2 Å². The highest BCUT2D eigenvalue weighted by Gasteiger charge is 2.19. The number of nitrogens with one attached hydrogen (secondary N) is 1. The standard InChI is InChI=1S/C23H29N3O2S2/c1-12(2)26-22(28)20-15(5)17(7)30-21(20)25-23(26)29-11-19(27)24-16(6)18-9-8-13(3)14(4)10-18/h8-10,12,16H,11H2,1-7H3,(H,24,27). The molecule has 0 aliphatic carbocycles. The van der Waals surface area contributed by atoms with Crippen LogP contribution < -0.4 is 10.9 Å². The number of aromatic nitrogens is 2. The highest BCUT2D eigenvalue weighted by molar-refractivity contribution is 7.99. The van der Waals surface area contributed by atoms with Crippen LogP contribution in [0.25, 0.3) is 10.2 Å². The molecule has 160 valence electrons. The van der Waals surface area contributed by atoms with Crippen molar-refractivity contribution in [3.8, 4) is 0 Å². The van der Waals surface area contributed by atoms with Crippen LogP contribution in [0.5, 0.6) is 0 Å². The second kappa shape index (κ2) is 8.94. The molecule has 0 spiro atoms. The van der Waals surface area contributed by atoms with Crippen LogP contribution in [0, 0.1) is 27.7 Å². The Morgan fingerprint density at radius 3 is 2.50 bits per heavy atom. The van der Waals surface area contributed by atoms with E-state index in [1.807, 2.05) is 40.7 Å². The maximum Gasteiger partial charge on any atom is 0.263 e. The number of amides is 1. The number of carbonyl (C=O) groups excluding carboxylic acids is 1. The summed E-state index contributed by atoms with van der Waals surface area (Å²) in [5.41, 5.74) is 4.50. The van der Waals surface area contributed by atoms with Gasteiger partial charge in [-0.25, -0.2) is 4.98 Å². The van der Waals surface area contributed by atoms with Gasteiger partial charge in [-0.15, -0.1) is 11.3 Å². The first-order valence-electron chi connectivity index (χ1n) is 10.1. The largest absolute Gasteiger partial charge is 0.349 e. The fourth-order valence-electron chi connectivity index (χ4n) is 3.38. The molecule has 1 N–H and O–H groups in total. The van der Waals surface area contributed by atoms with E-state index in [1.165, 1.54) is 34.2 Å². The fraction of sp³-hybridized carbons (Fsp3) is 0.435. The number of fused-ring (bicyclic) bond motifs is 1. The molecular formula is C23H29N3O2S2. The molecule has 1 unspecified atom stereocenters. The first-order chi connectivity index (χ1) is 14.1. The Hall–Kier alpha value is -2.12. The first kappa shape index (κ1) is 22.6. The van der Waals surface area contributed by atoms with Gasteiger partial charge in [0.05, 0.1) is 17.2 Å². The molecule has 1 aromatic carbocycles. The van der Waals surface area contributed by atoms with Gasteiger partial charge in [0.25, 0.3) is 5.56 Å². The van der Waals surface area contributed by atoms with Gasteiger partial charge >= 0.3 is 0 Å². The Labute approximate surface area is 185 Å². The molecule has 1 atom stereocenters. The SMILES string of the molecule is Cc1ccc(C(C)NC(=O)CSc2nc3sc(C)c(C)c3c(=O)n2C(C)C)cc1C. The summed E-state index contributed by atoms with van der Waals surface area (Å²) in [6.45, 7) is 14.0. The number of hydrogen-bond acceptors (Lipinski definition) is 5. The predicted molar refractivity (Wildman–Crippen MR) is 127 cm³/mol. The minimum Gasteiger partial charge on any atom is -0.349 e. The minimum absolute atomic E-state index is 0.0248. The Bertz CT molecular complexity index is 1160. The molecule has 2 aromatic heterocycles. The zero-order valence-corrected chi connectivity index (χ0v) is 20.3. The monoisotopic (exact) mass is 443 g/mol. The molecule has 0 saturated heterocycles. The Balaban J connectivity index is 1.79. The van der Waals surface area contributed by atoms with E-state index in [-0.39, 0.29) is 29.3 Å². The third kappa shape index (κ3) is 4.47. The summed E-state index contributed by atoms with van der Waals surface area (Å²) in [7, 11) is 0. The molecular weight excluding hydrogens is 414 g/mol. The molecule has 7 heteroatoms. The van der Waals surface area contributed by atoms with Crippen LogP contribution in [0.3, 0.4) is 0 Å². The number of nitrogens with zero attached hydrogens (tertiary/aromatic N) is 2. The van der Waals surface area contributed by atoms with E-state index in [0.29, 0.717) is 10.5 Å². The highest BCUT2D eigenvalue weighted by atomic mass is 32.2. The first-order valence-corrected chi connectivity index (χ1v) is 11.9. The fourth-order valence-corrected chi connectivity index (χ4v) is 5.39. The summed E-state index contributed by atoms with van der Waals surface area (Å²) in [4.78, 5) is 32.3. The molecule has 0 bridgehead atoms. The summed E-state index contributed by atoms with van der Waals surface area (Å²) in [5.74, 6) is 0.136. The maximum absolute atomic E-state index is 13.1. The van der Waals surface area contributed by atoms with Crippen molar-refractivity contribution >= 4 is 39.2 Å². The molecule has 0 radical (unpaired) electrons. The van der Waals surface area contributed by atoms with E-state index >= 15 is 0 Å². The van der Waals surface area contributed by atoms with Gasteiger partial charge in [0.1, 0.15) is 4.83 Å². The van der Waals surface area contributed by atoms with Crippen molar-refractivity contribution in [2.75, 3.05) is 5.75 Å². The number of carbonyl (C=O) groups is 1. The summed E-state index contributed by atoms with van der Waals surface area (Å²) >= 11 is 2.85. The van der Waals surface area contributed by atoms with Crippen LogP contribution in [-0.4, -0.2) is 21.2 Å². The molecule has 30 heavy (non-hydrogen) atoms. The average molecular weight is 444 g/mol. The molecule has 0 saturated carbocycles. The van der Waals surface area contributed by atoms with Crippen molar-refractivity contribution < 1.29 is 4.79 Å². The molecule has 5 nitrogen and oxygen atoms in total. The lowest BCUT2D eigenvalue weighted by atomic mass is 10.0. The number of hydrogen-bond donors (Lipinski definition) is 1. The van der Waals surface area contributed by atoms with E-state index in [0.717, 1.165) is 20.8 Å². The van der Waals surface area contributed by atoms with E-state index in [1.54, 1.807) is 4.57 Å². The highest BCUT2D eigenvalue weighted by Crippen LogP contribution is 2.29. The lowest BCUT2D eigenvalue weighted by Crippen LogP contribution is -2.29. The van der Waals surface area contributed by atoms with Crippen LogP contribution in [0.4, 0.5) is 0 Å². The third-order valence-corrected chi connectivity index (χ3v) is 7.51. The molecule has 0 fully saturated rings. The maximum atomic E-state index is 13.1. The van der Waals surface area contributed by atoms with Crippen molar-refractivity contribution in [1.82, 2.24) is 14.9 Å². The molecule has 1 amide bonds. The summed E-state index contributed by atoms with van der Waals surface area (Å²) in [6.07, 6.45) is 0. The molecule has 0 aliphatic heterocycles. The van der Waals surface area contributed by atoms with Crippen molar-refractivity contribution in [3.05, 3.63) is 55.7 Å². The topological polar surface area (TPSA) is 64.0 Å². The Kier molecular flexibility index (Phi) is 6.72. The van der Waals surface area contributed by atoms with Crippen molar-refractivity contribution in [3.63, 3.8) is 0 Å². The van der Waals surface area contributed by atoms with Gasteiger partial charge in [0.2, 0.25) is 5.91 Å². The van der Waals surface area contributed by atoms with Gasteiger partial charge in [-0.05, 0) is 70.7 Å².